The molecule has 0 radical (unpaired) electrons. The first kappa shape index (κ1) is 21.2. The molecule has 6 nitrogen and oxygen atoms in total. The molecule has 3 aliphatic heterocycles. The predicted molar refractivity (Wildman–Crippen MR) is 125 cm³/mol. The molecule has 1 atom stereocenters. The van der Waals surface area contributed by atoms with Gasteiger partial charge in [0.2, 0.25) is 0 Å². The van der Waals surface area contributed by atoms with Crippen molar-refractivity contribution in [1.82, 2.24) is 15.3 Å². The lowest BCUT2D eigenvalue weighted by atomic mass is 9.97. The van der Waals surface area contributed by atoms with E-state index in [1.54, 1.807) is 0 Å². The molecule has 0 bridgehead atoms. The van der Waals surface area contributed by atoms with Gasteiger partial charge in [-0.25, -0.2) is 14.4 Å². The molecule has 7 heteroatoms. The first-order chi connectivity index (χ1) is 15.5. The summed E-state index contributed by atoms with van der Waals surface area (Å²) in [5, 5.41) is 16.5. The maximum absolute atomic E-state index is 15.4. The number of nitrogens with one attached hydrogen (secondary N) is 1. The lowest BCUT2D eigenvalue weighted by Gasteiger charge is -2.34. The minimum Gasteiger partial charge on any atom is -0.356 e. The number of nitriles is 1. The summed E-state index contributed by atoms with van der Waals surface area (Å²) in [7, 11) is 2.01. The van der Waals surface area contributed by atoms with Crippen LogP contribution in [0.3, 0.4) is 0 Å². The number of alkyl halides is 1. The van der Waals surface area contributed by atoms with Crippen molar-refractivity contribution in [2.24, 2.45) is 5.92 Å². The quantitative estimate of drug-likeness (QED) is 0.792. The average Bonchev–Trinajstić information content (AvgIpc) is 3.36. The van der Waals surface area contributed by atoms with Gasteiger partial charge in [0.15, 0.2) is 0 Å². The number of halogens is 1. The molecule has 1 N–H and O–H groups in total. The van der Waals surface area contributed by atoms with Gasteiger partial charge in [-0.2, -0.15) is 5.26 Å². The summed E-state index contributed by atoms with van der Waals surface area (Å²) in [5.41, 5.74) is 3.51. The number of piperidine rings is 1. The van der Waals surface area contributed by atoms with Crippen LogP contribution in [0.4, 0.5) is 15.9 Å². The maximum Gasteiger partial charge on any atom is 0.143 e. The van der Waals surface area contributed by atoms with Gasteiger partial charge in [-0.15, -0.1) is 0 Å². The summed E-state index contributed by atoms with van der Waals surface area (Å²) in [4.78, 5) is 7.56. The summed E-state index contributed by atoms with van der Waals surface area (Å²) in [6.45, 7) is 6.44. The Labute approximate surface area is 189 Å². The largest absolute Gasteiger partial charge is 0.356 e. The van der Waals surface area contributed by atoms with E-state index < -0.39 is 5.67 Å². The Kier molecular flexibility index (Phi) is 5.52. The van der Waals surface area contributed by atoms with Crippen LogP contribution in [0.2, 0.25) is 0 Å². The minimum atomic E-state index is -1.23. The van der Waals surface area contributed by atoms with E-state index in [1.807, 2.05) is 31.3 Å². The van der Waals surface area contributed by atoms with Crippen LogP contribution in [-0.4, -0.2) is 55.4 Å². The number of hydrogen-bond acceptors (Lipinski definition) is 6. The third-order valence-electron chi connectivity index (χ3n) is 7.16. The normalized spacial score (nSPS) is 24.1. The van der Waals surface area contributed by atoms with Crippen molar-refractivity contribution in [3.8, 4) is 17.2 Å². The number of benzene rings is 1. The van der Waals surface area contributed by atoms with E-state index in [4.69, 9.17) is 4.98 Å². The van der Waals surface area contributed by atoms with Crippen molar-refractivity contribution in [3.63, 3.8) is 0 Å². The van der Waals surface area contributed by atoms with Crippen LogP contribution in [-0.2, 0) is 6.54 Å². The lowest BCUT2D eigenvalue weighted by molar-refractivity contribution is 0.167. The van der Waals surface area contributed by atoms with Crippen molar-refractivity contribution in [1.29, 1.82) is 5.26 Å². The zero-order valence-electron chi connectivity index (χ0n) is 18.9. The number of aromatic nitrogens is 1. The van der Waals surface area contributed by atoms with Crippen LogP contribution in [0.15, 0.2) is 30.3 Å². The summed E-state index contributed by atoms with van der Waals surface area (Å²) in [6.07, 6.45) is 2.86. The Hall–Kier alpha value is -2.69. The second-order valence-electron chi connectivity index (χ2n) is 9.64. The highest BCUT2D eigenvalue weighted by Gasteiger charge is 2.40. The smallest absolute Gasteiger partial charge is 0.143 e. The van der Waals surface area contributed by atoms with E-state index in [1.165, 1.54) is 0 Å². The Bertz CT molecular complexity index is 1020. The molecule has 0 saturated carbocycles. The molecule has 0 spiro atoms. The van der Waals surface area contributed by atoms with Gasteiger partial charge in [-0.1, -0.05) is 19.1 Å². The Morgan fingerprint density at radius 2 is 2.00 bits per heavy atom. The molecule has 2 fully saturated rings. The molecule has 2 aromatic rings. The van der Waals surface area contributed by atoms with Crippen LogP contribution in [0.5, 0.6) is 0 Å². The average molecular weight is 435 g/mol. The number of anilines is 2. The van der Waals surface area contributed by atoms with Gasteiger partial charge >= 0.3 is 0 Å². The van der Waals surface area contributed by atoms with Crippen molar-refractivity contribution in [2.45, 2.75) is 38.4 Å². The molecule has 5 rings (SSSR count). The number of rotatable bonds is 4. The Balaban J connectivity index is 1.56. The highest BCUT2D eigenvalue weighted by atomic mass is 19.1. The summed E-state index contributed by atoms with van der Waals surface area (Å²) < 4.78 is 15.4. The minimum absolute atomic E-state index is 0.332. The fourth-order valence-electron chi connectivity index (χ4n) is 5.08. The number of nitrogens with zero attached hydrogens (tertiary/aromatic N) is 5. The highest BCUT2D eigenvalue weighted by molar-refractivity contribution is 5.81. The number of hydrogen-bond donors (Lipinski definition) is 1. The van der Waals surface area contributed by atoms with Crippen molar-refractivity contribution in [3.05, 3.63) is 41.6 Å². The molecular formula is C25H31FN6. The van der Waals surface area contributed by atoms with Gasteiger partial charge in [-0.3, -0.25) is 0 Å². The van der Waals surface area contributed by atoms with Gasteiger partial charge in [0.1, 0.15) is 11.5 Å². The second-order valence-corrected chi connectivity index (χ2v) is 9.64. The van der Waals surface area contributed by atoms with Crippen LogP contribution >= 0.6 is 0 Å². The van der Waals surface area contributed by atoms with Gasteiger partial charge < -0.3 is 15.2 Å². The Morgan fingerprint density at radius 1 is 1.25 bits per heavy atom. The van der Waals surface area contributed by atoms with E-state index in [-0.39, 0.29) is 0 Å². The predicted octanol–water partition coefficient (Wildman–Crippen LogP) is 3.72. The summed E-state index contributed by atoms with van der Waals surface area (Å²) >= 11 is 0. The topological polar surface area (TPSA) is 58.4 Å². The molecule has 168 valence electrons. The number of hydrazine groups is 1. The van der Waals surface area contributed by atoms with Crippen molar-refractivity contribution < 1.29 is 4.39 Å². The fraction of sp³-hybridized carbons (Fsp3) is 0.520. The molecule has 1 unspecified atom stereocenters. The first-order valence-corrected chi connectivity index (χ1v) is 11.6. The van der Waals surface area contributed by atoms with E-state index >= 15 is 4.39 Å². The molecule has 0 amide bonds. The first-order valence-electron chi connectivity index (χ1n) is 11.6. The van der Waals surface area contributed by atoms with Crippen LogP contribution < -0.4 is 15.2 Å². The van der Waals surface area contributed by atoms with Gasteiger partial charge in [0.05, 0.1) is 36.1 Å². The van der Waals surface area contributed by atoms with Gasteiger partial charge in [-0.05, 0) is 55.5 Å². The van der Waals surface area contributed by atoms with Crippen LogP contribution in [0.1, 0.15) is 37.4 Å². The number of pyridine rings is 1. The molecular weight excluding hydrogens is 403 g/mol. The molecule has 32 heavy (non-hydrogen) atoms. The molecule has 4 heterocycles. The molecule has 3 aliphatic rings. The molecule has 1 aromatic carbocycles. The summed E-state index contributed by atoms with van der Waals surface area (Å²) in [6, 6.07) is 12.1. The van der Waals surface area contributed by atoms with Gasteiger partial charge in [0, 0.05) is 32.2 Å². The van der Waals surface area contributed by atoms with Crippen molar-refractivity contribution in [2.75, 3.05) is 49.7 Å². The fourth-order valence-corrected chi connectivity index (χ4v) is 5.08. The van der Waals surface area contributed by atoms with E-state index in [0.29, 0.717) is 31.6 Å². The highest BCUT2D eigenvalue weighted by Crippen LogP contribution is 2.40. The van der Waals surface area contributed by atoms with E-state index in [2.05, 4.69) is 39.3 Å². The third kappa shape index (κ3) is 3.94. The standard InChI is InChI=1S/C25H31FN6/c1-18-7-11-31(12-8-18)24-21(20-5-3-19(14-27)4-6-20)13-23-22(29-24)15-30(2)32(23)17-25(26)9-10-28-16-25/h3-6,13,18,28H,7-12,15-17H2,1-2H3. The number of fused-ring (bicyclic) bond motifs is 1. The van der Waals surface area contributed by atoms with E-state index in [9.17, 15) is 5.26 Å². The monoisotopic (exact) mass is 434 g/mol. The third-order valence-corrected chi connectivity index (χ3v) is 7.16. The molecule has 1 aromatic heterocycles. The van der Waals surface area contributed by atoms with Crippen molar-refractivity contribution >= 4 is 11.5 Å². The second kappa shape index (κ2) is 8.34. The zero-order chi connectivity index (χ0) is 22.3. The van der Waals surface area contributed by atoms with Crippen LogP contribution in [0.25, 0.3) is 11.1 Å². The lowest BCUT2D eigenvalue weighted by Crippen LogP contribution is -2.46. The maximum atomic E-state index is 15.4. The molecule has 2 saturated heterocycles. The SMILES string of the molecule is CC1CCN(c2nc3c(cc2-c2ccc(C#N)cc2)N(CC2(F)CCNC2)N(C)C3)CC1. The van der Waals surface area contributed by atoms with Gasteiger partial charge in [0.25, 0.3) is 0 Å². The zero-order valence-corrected chi connectivity index (χ0v) is 18.9. The summed E-state index contributed by atoms with van der Waals surface area (Å²) in [5.74, 6) is 1.74. The molecule has 0 aliphatic carbocycles. The van der Waals surface area contributed by atoms with Crippen LogP contribution in [0, 0.1) is 17.2 Å². The van der Waals surface area contributed by atoms with E-state index in [0.717, 1.165) is 66.7 Å². The Morgan fingerprint density at radius 3 is 2.66 bits per heavy atom.